The molecule has 0 aliphatic carbocycles. The van der Waals surface area contributed by atoms with Gasteiger partial charge in [-0.2, -0.15) is 0 Å². The van der Waals surface area contributed by atoms with Gasteiger partial charge in [0.15, 0.2) is 11.3 Å². The van der Waals surface area contributed by atoms with Crippen LogP contribution >= 0.6 is 0 Å². The Labute approximate surface area is 390 Å². The molecule has 6 nitrogen and oxygen atoms in total. The van der Waals surface area contributed by atoms with Crippen molar-refractivity contribution in [2.75, 3.05) is 0 Å². The van der Waals surface area contributed by atoms with Crippen LogP contribution < -0.4 is 5.19 Å². The van der Waals surface area contributed by atoms with Crippen LogP contribution in [-0.2, 0) is 20.1 Å². The SMILES string of the molecule is C[Si](C)(C)c1ccc(-c2[c-]cccc2)nc1.Cc1ccc(-c2ccc3c(c2)oc2c(-c4nc5nccnc5n4-c4c(C(C)C)cc(-c5ccccc5)cc4C(C)C)[c-]ccc23)cc1.[Ir]. The topological polar surface area (TPSA) is 69.6 Å². The number of rotatable bonds is 8. The summed E-state index contributed by atoms with van der Waals surface area (Å²) in [6, 6.07) is 53.3. The summed E-state index contributed by atoms with van der Waals surface area (Å²) < 4.78 is 8.91. The van der Waals surface area contributed by atoms with Gasteiger partial charge in [-0.15, -0.1) is 54.1 Å². The van der Waals surface area contributed by atoms with E-state index in [4.69, 9.17) is 14.4 Å². The normalized spacial score (nSPS) is 11.6. The van der Waals surface area contributed by atoms with Crippen molar-refractivity contribution in [1.29, 1.82) is 0 Å². The Kier molecular flexibility index (Phi) is 12.8. The Morgan fingerprint density at radius 3 is 1.97 bits per heavy atom. The number of benzene rings is 6. The predicted octanol–water partition coefficient (Wildman–Crippen LogP) is 14.2. The van der Waals surface area contributed by atoms with E-state index in [2.05, 4.69) is 184 Å². The third kappa shape index (κ3) is 8.78. The van der Waals surface area contributed by atoms with Crippen LogP contribution in [0.3, 0.4) is 0 Å². The smallest absolute Gasteiger partial charge is 0.188 e. The standard InChI is InChI=1S/C42H35N4O.C14H16NSi.Ir/c1-25(2)35-22-31(28-10-7-6-8-11-28)23-36(26(3)4)38(35)46-41(45-40-42(46)44-21-20-43-40)34-13-9-12-33-32-19-18-30(24-37(32)47-39(33)34)29-16-14-27(5)15-17-29;1-16(2,3)13-9-10-14(15-11-13)12-7-5-4-6-8-12;/h6-12,14-26H,1-5H3;4-7,9-11H,1-3H3;/q2*-1;. The van der Waals surface area contributed by atoms with Crippen molar-refractivity contribution in [3.63, 3.8) is 0 Å². The Hall–Kier alpha value is -6.31. The first-order valence-electron chi connectivity index (χ1n) is 21.8. The predicted molar refractivity (Wildman–Crippen MR) is 263 cm³/mol. The first-order chi connectivity index (χ1) is 30.4. The molecule has 0 bridgehead atoms. The van der Waals surface area contributed by atoms with E-state index >= 15 is 0 Å². The molecule has 0 spiro atoms. The third-order valence-corrected chi connectivity index (χ3v) is 13.7. The monoisotopic (exact) mass is 1030 g/mol. The molecule has 0 aliphatic rings. The van der Waals surface area contributed by atoms with Crippen LogP contribution in [0.2, 0.25) is 19.6 Å². The maximum absolute atomic E-state index is 6.72. The minimum atomic E-state index is -1.23. The molecule has 6 aromatic carbocycles. The summed E-state index contributed by atoms with van der Waals surface area (Å²) in [6.07, 6.45) is 5.46. The van der Waals surface area contributed by atoms with Gasteiger partial charge in [0.05, 0.1) is 19.5 Å². The number of aromatic nitrogens is 5. The van der Waals surface area contributed by atoms with Crippen molar-refractivity contribution in [3.8, 4) is 50.6 Å². The molecule has 0 N–H and O–H groups in total. The van der Waals surface area contributed by atoms with Gasteiger partial charge in [0.2, 0.25) is 0 Å². The fourth-order valence-corrected chi connectivity index (χ4v) is 9.22. The van der Waals surface area contributed by atoms with E-state index in [1.54, 1.807) is 12.4 Å². The molecule has 4 heterocycles. The van der Waals surface area contributed by atoms with E-state index in [1.165, 1.54) is 33.0 Å². The molecule has 0 fully saturated rings. The third-order valence-electron chi connectivity index (χ3n) is 11.7. The minimum absolute atomic E-state index is 0. The van der Waals surface area contributed by atoms with Crippen LogP contribution in [0.4, 0.5) is 0 Å². The van der Waals surface area contributed by atoms with Gasteiger partial charge in [-0.1, -0.05) is 143 Å². The number of fused-ring (bicyclic) bond motifs is 4. The summed E-state index contributed by atoms with van der Waals surface area (Å²) in [5.41, 5.74) is 15.2. The van der Waals surface area contributed by atoms with Crippen LogP contribution in [-0.4, -0.2) is 32.6 Å². The maximum Gasteiger partial charge on any atom is 0.188 e. The van der Waals surface area contributed by atoms with E-state index in [-0.39, 0.29) is 31.9 Å². The second-order valence-corrected chi connectivity index (χ2v) is 23.0. The van der Waals surface area contributed by atoms with Crippen LogP contribution in [0.5, 0.6) is 0 Å². The van der Waals surface area contributed by atoms with E-state index < -0.39 is 8.07 Å². The van der Waals surface area contributed by atoms with Gasteiger partial charge in [-0.3, -0.25) is 4.98 Å². The van der Waals surface area contributed by atoms with Crippen LogP contribution in [0, 0.1) is 19.1 Å². The van der Waals surface area contributed by atoms with Crippen molar-refractivity contribution in [2.45, 2.75) is 66.1 Å². The fraction of sp³-hybridized carbons (Fsp3) is 0.179. The first-order valence-corrected chi connectivity index (χ1v) is 25.3. The summed E-state index contributed by atoms with van der Waals surface area (Å²) in [5.74, 6) is 1.18. The van der Waals surface area contributed by atoms with E-state index in [0.29, 0.717) is 17.1 Å². The second-order valence-electron chi connectivity index (χ2n) is 17.9. The second kappa shape index (κ2) is 18.4. The van der Waals surface area contributed by atoms with Gasteiger partial charge in [0.25, 0.3) is 0 Å². The van der Waals surface area contributed by atoms with Gasteiger partial charge in [0.1, 0.15) is 5.58 Å². The molecular formula is C56H51IrN5OSi-2. The minimum Gasteiger partial charge on any atom is -0.501 e. The average molecular weight is 1030 g/mol. The number of aryl methyl sites for hydroxylation is 1. The Balaban J connectivity index is 0.000000279. The number of hydrogen-bond donors (Lipinski definition) is 0. The molecule has 0 saturated heterocycles. The largest absolute Gasteiger partial charge is 0.501 e. The molecule has 0 amide bonds. The van der Waals surface area contributed by atoms with Gasteiger partial charge in [-0.25, -0.2) is 9.97 Å². The van der Waals surface area contributed by atoms with E-state index in [1.807, 2.05) is 36.5 Å². The van der Waals surface area contributed by atoms with Crippen molar-refractivity contribution in [3.05, 3.63) is 181 Å². The number of hydrogen-bond acceptors (Lipinski definition) is 5. The van der Waals surface area contributed by atoms with E-state index in [9.17, 15) is 0 Å². The van der Waals surface area contributed by atoms with Crippen molar-refractivity contribution in [2.24, 2.45) is 0 Å². The summed E-state index contributed by atoms with van der Waals surface area (Å²) in [6.45, 7) is 18.1. The zero-order valence-electron chi connectivity index (χ0n) is 37.6. The molecule has 1 radical (unpaired) electrons. The molecule has 4 aromatic heterocycles. The van der Waals surface area contributed by atoms with Gasteiger partial charge >= 0.3 is 0 Å². The number of nitrogens with zero attached hydrogens (tertiary/aromatic N) is 5. The fourth-order valence-electron chi connectivity index (χ4n) is 8.19. The maximum atomic E-state index is 6.72. The molecule has 10 rings (SSSR count). The number of imidazole rings is 1. The van der Waals surface area contributed by atoms with Gasteiger partial charge in [-0.05, 0) is 81.2 Å². The first kappa shape index (κ1) is 44.3. The summed E-state index contributed by atoms with van der Waals surface area (Å²) in [7, 11) is -1.23. The number of pyridine rings is 1. The molecule has 0 aliphatic heterocycles. The van der Waals surface area contributed by atoms with Gasteiger partial charge in [0, 0.05) is 49.8 Å². The molecule has 10 aromatic rings. The molecule has 0 atom stereocenters. The molecule has 8 heteroatoms. The quantitative estimate of drug-likeness (QED) is 0.112. The molecular weight excluding hydrogens is 979 g/mol. The summed E-state index contributed by atoms with van der Waals surface area (Å²) in [4.78, 5) is 19.2. The van der Waals surface area contributed by atoms with Gasteiger partial charge < -0.3 is 14.0 Å². The Bertz CT molecular complexity index is 3180. The van der Waals surface area contributed by atoms with Crippen LogP contribution in [0.15, 0.2) is 156 Å². The number of furan rings is 1. The molecule has 64 heavy (non-hydrogen) atoms. The van der Waals surface area contributed by atoms with Crippen LogP contribution in [0.25, 0.3) is 83.8 Å². The Morgan fingerprint density at radius 2 is 1.31 bits per heavy atom. The van der Waals surface area contributed by atoms with Crippen LogP contribution in [0.1, 0.15) is 56.2 Å². The summed E-state index contributed by atoms with van der Waals surface area (Å²) in [5, 5.41) is 3.48. The molecule has 321 valence electrons. The average Bonchev–Trinajstić information content (AvgIpc) is 3.88. The van der Waals surface area contributed by atoms with Crippen molar-refractivity contribution < 1.29 is 24.5 Å². The van der Waals surface area contributed by atoms with Crippen molar-refractivity contribution >= 4 is 46.5 Å². The van der Waals surface area contributed by atoms with E-state index in [0.717, 1.165) is 55.6 Å². The Morgan fingerprint density at radius 1 is 0.625 bits per heavy atom. The molecule has 0 unspecified atom stereocenters. The molecule has 0 saturated carbocycles. The summed E-state index contributed by atoms with van der Waals surface area (Å²) >= 11 is 0. The zero-order valence-corrected chi connectivity index (χ0v) is 41.0. The van der Waals surface area contributed by atoms with Crippen molar-refractivity contribution in [1.82, 2.24) is 24.5 Å². The zero-order chi connectivity index (χ0) is 43.8.